The number of carbonyl (C=O) groups is 1. The minimum absolute atomic E-state index is 0.149. The third kappa shape index (κ3) is 4.43. The van der Waals surface area contributed by atoms with Gasteiger partial charge in [0, 0.05) is 10.6 Å². The minimum atomic E-state index is -1.03. The Morgan fingerprint density at radius 3 is 2.73 bits per heavy atom. The van der Waals surface area contributed by atoms with Gasteiger partial charge in [-0.05, 0) is 55.0 Å². The van der Waals surface area contributed by atoms with Crippen molar-refractivity contribution in [1.29, 1.82) is 5.26 Å². The van der Waals surface area contributed by atoms with Crippen molar-refractivity contribution in [2.24, 2.45) is 0 Å². The summed E-state index contributed by atoms with van der Waals surface area (Å²) >= 11 is 6.17. The molecule has 7 nitrogen and oxygen atoms in total. The highest BCUT2D eigenvalue weighted by molar-refractivity contribution is 6.31. The van der Waals surface area contributed by atoms with Gasteiger partial charge in [-0.1, -0.05) is 29.8 Å². The van der Waals surface area contributed by atoms with Gasteiger partial charge >= 0.3 is 5.97 Å². The summed E-state index contributed by atoms with van der Waals surface area (Å²) in [5.74, 6) is -0.0208. The molecule has 1 aromatic heterocycles. The standard InChI is InChI=1S/C25H18ClN3O4/c1-15-28-21-7-3-6-18(14-27)23(21)24(30)29(15)10-11-33-22-9-8-19(26)13-20(22)16-4-2-5-17(12-16)25(31)32/h2-9,12-13H,10-11H2,1H3,(H,31,32). The number of hydrogen-bond acceptors (Lipinski definition) is 5. The molecule has 1 heterocycles. The fraction of sp³-hybridized carbons (Fsp3) is 0.120. The number of benzene rings is 3. The molecule has 0 amide bonds. The number of rotatable bonds is 6. The minimum Gasteiger partial charge on any atom is -0.491 e. The Bertz CT molecular complexity index is 1490. The average molecular weight is 460 g/mol. The first-order valence-corrected chi connectivity index (χ1v) is 10.4. The van der Waals surface area contributed by atoms with E-state index < -0.39 is 5.97 Å². The van der Waals surface area contributed by atoms with E-state index in [2.05, 4.69) is 4.98 Å². The monoisotopic (exact) mass is 459 g/mol. The van der Waals surface area contributed by atoms with Crippen molar-refractivity contribution in [3.05, 3.63) is 93.0 Å². The largest absolute Gasteiger partial charge is 0.491 e. The van der Waals surface area contributed by atoms with E-state index in [1.165, 1.54) is 10.6 Å². The smallest absolute Gasteiger partial charge is 0.335 e. The lowest BCUT2D eigenvalue weighted by molar-refractivity contribution is 0.0697. The summed E-state index contributed by atoms with van der Waals surface area (Å²) in [6, 6.07) is 18.6. The van der Waals surface area contributed by atoms with Crippen LogP contribution in [0.4, 0.5) is 0 Å². The second-order valence-electron chi connectivity index (χ2n) is 7.30. The molecule has 4 aromatic rings. The Hall–Kier alpha value is -4.15. The van der Waals surface area contributed by atoms with Crippen LogP contribution in [0.15, 0.2) is 65.5 Å². The number of aromatic carboxylic acids is 1. The van der Waals surface area contributed by atoms with Gasteiger partial charge in [0.05, 0.1) is 28.6 Å². The van der Waals surface area contributed by atoms with Crippen molar-refractivity contribution < 1.29 is 14.6 Å². The van der Waals surface area contributed by atoms with Gasteiger partial charge in [-0.2, -0.15) is 5.26 Å². The number of carboxylic acid groups (broad SMARTS) is 1. The Labute approximate surface area is 194 Å². The van der Waals surface area contributed by atoms with Crippen LogP contribution in [-0.4, -0.2) is 27.2 Å². The maximum atomic E-state index is 13.0. The van der Waals surface area contributed by atoms with Gasteiger partial charge in [0.15, 0.2) is 0 Å². The highest BCUT2D eigenvalue weighted by Gasteiger charge is 2.14. The van der Waals surface area contributed by atoms with Crippen LogP contribution in [0.1, 0.15) is 21.7 Å². The van der Waals surface area contributed by atoms with Crippen LogP contribution in [0.5, 0.6) is 5.75 Å². The zero-order valence-corrected chi connectivity index (χ0v) is 18.3. The highest BCUT2D eigenvalue weighted by atomic mass is 35.5. The number of aryl methyl sites for hydroxylation is 1. The van der Waals surface area contributed by atoms with Gasteiger partial charge in [0.25, 0.3) is 5.56 Å². The molecule has 0 aliphatic rings. The molecule has 0 spiro atoms. The number of fused-ring (bicyclic) bond motifs is 1. The topological polar surface area (TPSA) is 105 Å². The lowest BCUT2D eigenvalue weighted by Gasteiger charge is -2.15. The van der Waals surface area contributed by atoms with Gasteiger partial charge in [-0.25, -0.2) is 9.78 Å². The fourth-order valence-electron chi connectivity index (χ4n) is 3.65. The molecule has 3 aromatic carbocycles. The Balaban J connectivity index is 1.64. The van der Waals surface area contributed by atoms with Gasteiger partial charge < -0.3 is 9.84 Å². The molecule has 0 saturated carbocycles. The first kappa shape index (κ1) is 22.1. The fourth-order valence-corrected chi connectivity index (χ4v) is 3.82. The summed E-state index contributed by atoms with van der Waals surface area (Å²) in [5, 5.41) is 19.4. The molecule has 4 rings (SSSR count). The van der Waals surface area contributed by atoms with Gasteiger partial charge in [0.1, 0.15) is 24.3 Å². The van der Waals surface area contributed by atoms with E-state index in [4.69, 9.17) is 16.3 Å². The summed E-state index contributed by atoms with van der Waals surface area (Å²) in [6.45, 7) is 2.09. The normalized spacial score (nSPS) is 10.7. The molecule has 0 radical (unpaired) electrons. The SMILES string of the molecule is Cc1nc2cccc(C#N)c2c(=O)n1CCOc1ccc(Cl)cc1-c1cccc(C(=O)O)c1. The van der Waals surface area contributed by atoms with E-state index in [0.29, 0.717) is 33.2 Å². The van der Waals surface area contributed by atoms with Gasteiger partial charge in [0.2, 0.25) is 0 Å². The summed E-state index contributed by atoms with van der Waals surface area (Å²) in [5.41, 5.74) is 1.88. The van der Waals surface area contributed by atoms with Crippen LogP contribution in [0, 0.1) is 18.3 Å². The Morgan fingerprint density at radius 1 is 1.18 bits per heavy atom. The predicted octanol–water partition coefficient (Wildman–Crippen LogP) is 4.67. The second kappa shape index (κ2) is 9.15. The summed E-state index contributed by atoms with van der Waals surface area (Å²) in [7, 11) is 0. The number of aromatic nitrogens is 2. The maximum Gasteiger partial charge on any atom is 0.335 e. The molecule has 0 bridgehead atoms. The Morgan fingerprint density at radius 2 is 1.97 bits per heavy atom. The van der Waals surface area contributed by atoms with E-state index in [-0.39, 0.29) is 35.2 Å². The molecule has 33 heavy (non-hydrogen) atoms. The van der Waals surface area contributed by atoms with Crippen molar-refractivity contribution in [1.82, 2.24) is 9.55 Å². The van der Waals surface area contributed by atoms with Crippen LogP contribution in [0.3, 0.4) is 0 Å². The van der Waals surface area contributed by atoms with Crippen molar-refractivity contribution >= 4 is 28.5 Å². The van der Waals surface area contributed by atoms with E-state index in [9.17, 15) is 20.0 Å². The summed E-state index contributed by atoms with van der Waals surface area (Å²) in [4.78, 5) is 28.9. The number of nitriles is 1. The third-order valence-electron chi connectivity index (χ3n) is 5.23. The zero-order valence-electron chi connectivity index (χ0n) is 17.6. The van der Waals surface area contributed by atoms with Crippen LogP contribution in [-0.2, 0) is 6.54 Å². The van der Waals surface area contributed by atoms with Crippen molar-refractivity contribution in [3.8, 4) is 22.9 Å². The second-order valence-corrected chi connectivity index (χ2v) is 7.74. The molecular weight excluding hydrogens is 442 g/mol. The predicted molar refractivity (Wildman–Crippen MR) is 125 cm³/mol. The number of halogens is 1. The van der Waals surface area contributed by atoms with Crippen LogP contribution in [0.2, 0.25) is 5.02 Å². The van der Waals surface area contributed by atoms with Crippen LogP contribution >= 0.6 is 11.6 Å². The van der Waals surface area contributed by atoms with Crippen LogP contribution < -0.4 is 10.3 Å². The summed E-state index contributed by atoms with van der Waals surface area (Å²) in [6.07, 6.45) is 0. The average Bonchev–Trinajstić information content (AvgIpc) is 2.81. The molecule has 8 heteroatoms. The number of hydrogen-bond donors (Lipinski definition) is 1. The first-order chi connectivity index (χ1) is 15.9. The molecule has 0 unspecified atom stereocenters. The molecule has 0 atom stereocenters. The lowest BCUT2D eigenvalue weighted by atomic mass is 10.0. The molecule has 0 saturated heterocycles. The van der Waals surface area contributed by atoms with Crippen molar-refractivity contribution in [2.75, 3.05) is 6.61 Å². The van der Waals surface area contributed by atoms with E-state index in [1.54, 1.807) is 61.5 Å². The van der Waals surface area contributed by atoms with Gasteiger partial charge in [-0.3, -0.25) is 9.36 Å². The Kier molecular flexibility index (Phi) is 6.11. The van der Waals surface area contributed by atoms with Crippen molar-refractivity contribution in [2.45, 2.75) is 13.5 Å². The first-order valence-electron chi connectivity index (χ1n) is 10.1. The molecule has 1 N–H and O–H groups in total. The van der Waals surface area contributed by atoms with E-state index >= 15 is 0 Å². The molecular formula is C25H18ClN3O4. The molecule has 164 valence electrons. The quantitative estimate of drug-likeness (QED) is 0.449. The lowest BCUT2D eigenvalue weighted by Crippen LogP contribution is -2.27. The van der Waals surface area contributed by atoms with Crippen LogP contribution in [0.25, 0.3) is 22.0 Å². The summed E-state index contributed by atoms with van der Waals surface area (Å²) < 4.78 is 7.45. The highest BCUT2D eigenvalue weighted by Crippen LogP contribution is 2.33. The third-order valence-corrected chi connectivity index (χ3v) is 5.46. The molecule has 0 fully saturated rings. The number of nitrogens with zero attached hydrogens (tertiary/aromatic N) is 3. The number of ether oxygens (including phenoxy) is 1. The van der Waals surface area contributed by atoms with E-state index in [1.807, 2.05) is 6.07 Å². The molecule has 0 aliphatic heterocycles. The van der Waals surface area contributed by atoms with E-state index in [0.717, 1.165) is 0 Å². The molecule has 0 aliphatic carbocycles. The maximum absolute atomic E-state index is 13.0. The number of carboxylic acids is 1. The van der Waals surface area contributed by atoms with Gasteiger partial charge in [-0.15, -0.1) is 0 Å². The zero-order chi connectivity index (χ0) is 23.5. The van der Waals surface area contributed by atoms with Crippen molar-refractivity contribution in [3.63, 3.8) is 0 Å².